The van der Waals surface area contributed by atoms with Crippen LogP contribution in [0.3, 0.4) is 0 Å². The first kappa shape index (κ1) is 14.5. The molecule has 1 aliphatic carbocycles. The Kier molecular flexibility index (Phi) is 4.27. The number of rotatable bonds is 3. The first-order chi connectivity index (χ1) is 10.2. The molecule has 1 saturated carbocycles. The largest absolute Gasteiger partial charge is 0.325 e. The summed E-state index contributed by atoms with van der Waals surface area (Å²) in [4.78, 5) is 0. The maximum absolute atomic E-state index is 6.06. The van der Waals surface area contributed by atoms with Crippen LogP contribution >= 0.6 is 11.6 Å². The van der Waals surface area contributed by atoms with Crippen LogP contribution in [0.25, 0.3) is 5.69 Å². The predicted octanol–water partition coefficient (Wildman–Crippen LogP) is 3.74. The van der Waals surface area contributed by atoms with Crippen LogP contribution in [0.5, 0.6) is 0 Å². The van der Waals surface area contributed by atoms with E-state index < -0.39 is 0 Å². The monoisotopic (exact) mass is 304 g/mol. The van der Waals surface area contributed by atoms with Crippen LogP contribution in [-0.4, -0.2) is 15.0 Å². The molecule has 21 heavy (non-hydrogen) atoms. The van der Waals surface area contributed by atoms with E-state index in [1.807, 2.05) is 22.9 Å². The molecule has 0 spiro atoms. The Morgan fingerprint density at radius 2 is 2.05 bits per heavy atom. The Bertz CT molecular complexity index is 629. The van der Waals surface area contributed by atoms with Gasteiger partial charge in [0.15, 0.2) is 0 Å². The fraction of sp³-hybridized carbons (Fsp3) is 0.500. The summed E-state index contributed by atoms with van der Waals surface area (Å²) in [6.45, 7) is 2.49. The van der Waals surface area contributed by atoms with E-state index in [-0.39, 0.29) is 0 Å². The van der Waals surface area contributed by atoms with Crippen molar-refractivity contribution in [1.82, 2.24) is 15.0 Å². The van der Waals surface area contributed by atoms with Crippen LogP contribution in [0.1, 0.15) is 55.0 Å². The van der Waals surface area contributed by atoms with Crippen molar-refractivity contribution in [1.29, 1.82) is 0 Å². The minimum Gasteiger partial charge on any atom is -0.325 e. The molecule has 0 unspecified atom stereocenters. The molecule has 4 nitrogen and oxygen atoms in total. The number of hydrogen-bond acceptors (Lipinski definition) is 3. The van der Waals surface area contributed by atoms with E-state index in [2.05, 4.69) is 17.2 Å². The summed E-state index contributed by atoms with van der Waals surface area (Å²) in [5, 5.41) is 9.42. The van der Waals surface area contributed by atoms with Crippen molar-refractivity contribution in [3.63, 3.8) is 0 Å². The first-order valence-electron chi connectivity index (χ1n) is 7.61. The third kappa shape index (κ3) is 2.83. The van der Waals surface area contributed by atoms with E-state index in [1.54, 1.807) is 0 Å². The Labute approximate surface area is 130 Å². The van der Waals surface area contributed by atoms with Crippen LogP contribution in [0.2, 0.25) is 5.02 Å². The molecule has 1 fully saturated rings. The zero-order chi connectivity index (χ0) is 14.8. The second-order valence-electron chi connectivity index (χ2n) is 5.80. The molecular weight excluding hydrogens is 284 g/mol. The van der Waals surface area contributed by atoms with Gasteiger partial charge in [-0.2, -0.15) is 0 Å². The van der Waals surface area contributed by atoms with Crippen LogP contribution in [0, 0.1) is 6.92 Å². The number of hydrogen-bond donors (Lipinski definition) is 1. The highest BCUT2D eigenvalue weighted by Gasteiger charge is 2.25. The van der Waals surface area contributed by atoms with Gasteiger partial charge in [0.1, 0.15) is 5.69 Å². The molecule has 3 rings (SSSR count). The third-order valence-corrected chi connectivity index (χ3v) is 4.59. The molecule has 0 saturated heterocycles. The van der Waals surface area contributed by atoms with E-state index in [1.165, 1.54) is 37.8 Å². The number of aryl methyl sites for hydroxylation is 1. The molecule has 0 radical (unpaired) electrons. The minimum absolute atomic E-state index is 0.443. The summed E-state index contributed by atoms with van der Waals surface area (Å²) in [5.41, 5.74) is 10.2. The lowest BCUT2D eigenvalue weighted by molar-refractivity contribution is 0.427. The van der Waals surface area contributed by atoms with E-state index in [0.29, 0.717) is 12.5 Å². The molecule has 1 heterocycles. The number of nitrogens with two attached hydrogens (primary N) is 1. The second-order valence-corrected chi connectivity index (χ2v) is 6.24. The van der Waals surface area contributed by atoms with Crippen molar-refractivity contribution in [3.05, 3.63) is 40.2 Å². The maximum Gasteiger partial charge on any atom is 0.100 e. The molecule has 2 aromatic rings. The standard InChI is InChI=1S/C16H21ClN4/c1-11-9-13(17)7-8-15(11)21-16(14(10-18)19-20-21)12-5-3-2-4-6-12/h7-9,12H,2-6,10,18H2,1H3. The molecule has 1 aromatic heterocycles. The molecule has 5 heteroatoms. The predicted molar refractivity (Wildman–Crippen MR) is 84.8 cm³/mol. The molecule has 1 aliphatic rings. The van der Waals surface area contributed by atoms with Gasteiger partial charge >= 0.3 is 0 Å². The zero-order valence-electron chi connectivity index (χ0n) is 12.3. The maximum atomic E-state index is 6.06. The number of nitrogens with zero attached hydrogens (tertiary/aromatic N) is 3. The van der Waals surface area contributed by atoms with Crippen LogP contribution in [0.4, 0.5) is 0 Å². The van der Waals surface area contributed by atoms with Crippen molar-refractivity contribution in [2.45, 2.75) is 51.5 Å². The van der Waals surface area contributed by atoms with Gasteiger partial charge in [-0.25, -0.2) is 4.68 Å². The molecule has 0 amide bonds. The van der Waals surface area contributed by atoms with Crippen molar-refractivity contribution in [3.8, 4) is 5.69 Å². The fourth-order valence-corrected chi connectivity index (χ4v) is 3.51. The topological polar surface area (TPSA) is 56.7 Å². The Morgan fingerprint density at radius 3 is 2.71 bits per heavy atom. The van der Waals surface area contributed by atoms with Crippen molar-refractivity contribution >= 4 is 11.6 Å². The molecule has 0 aliphatic heterocycles. The summed E-state index contributed by atoms with van der Waals surface area (Å²) < 4.78 is 1.98. The molecule has 1 aromatic carbocycles. The SMILES string of the molecule is Cc1cc(Cl)ccc1-n1nnc(CN)c1C1CCCCC1. The van der Waals surface area contributed by atoms with Gasteiger partial charge in [0.25, 0.3) is 0 Å². The van der Waals surface area contributed by atoms with E-state index in [4.69, 9.17) is 17.3 Å². The number of aromatic nitrogens is 3. The second kappa shape index (κ2) is 6.16. The minimum atomic E-state index is 0.443. The molecule has 0 atom stereocenters. The van der Waals surface area contributed by atoms with Gasteiger partial charge in [0.05, 0.1) is 11.4 Å². The highest BCUT2D eigenvalue weighted by atomic mass is 35.5. The summed E-state index contributed by atoms with van der Waals surface area (Å²) >= 11 is 6.06. The van der Waals surface area contributed by atoms with Gasteiger partial charge in [-0.1, -0.05) is 36.1 Å². The smallest absolute Gasteiger partial charge is 0.100 e. The lowest BCUT2D eigenvalue weighted by atomic mass is 9.86. The van der Waals surface area contributed by atoms with Crippen molar-refractivity contribution < 1.29 is 0 Å². The Hall–Kier alpha value is -1.39. The number of benzene rings is 1. The molecule has 2 N–H and O–H groups in total. The van der Waals surface area contributed by atoms with Gasteiger partial charge in [-0.15, -0.1) is 5.10 Å². The van der Waals surface area contributed by atoms with E-state index in [0.717, 1.165) is 22.0 Å². The Morgan fingerprint density at radius 1 is 1.29 bits per heavy atom. The first-order valence-corrected chi connectivity index (χ1v) is 7.99. The normalized spacial score (nSPS) is 16.3. The summed E-state index contributed by atoms with van der Waals surface area (Å²) in [5.74, 6) is 0.516. The third-order valence-electron chi connectivity index (χ3n) is 4.35. The van der Waals surface area contributed by atoms with Gasteiger partial charge in [0, 0.05) is 17.5 Å². The van der Waals surface area contributed by atoms with Crippen LogP contribution in [-0.2, 0) is 6.54 Å². The highest BCUT2D eigenvalue weighted by Crippen LogP contribution is 2.35. The highest BCUT2D eigenvalue weighted by molar-refractivity contribution is 6.30. The molecule has 0 bridgehead atoms. The number of halogens is 1. The summed E-state index contributed by atoms with van der Waals surface area (Å²) in [6.07, 6.45) is 6.29. The van der Waals surface area contributed by atoms with Crippen molar-refractivity contribution in [2.24, 2.45) is 5.73 Å². The average molecular weight is 305 g/mol. The lowest BCUT2D eigenvalue weighted by Crippen LogP contribution is -2.14. The van der Waals surface area contributed by atoms with Crippen LogP contribution < -0.4 is 5.73 Å². The molecule has 112 valence electrons. The van der Waals surface area contributed by atoms with Crippen LogP contribution in [0.15, 0.2) is 18.2 Å². The zero-order valence-corrected chi connectivity index (χ0v) is 13.1. The van der Waals surface area contributed by atoms with E-state index >= 15 is 0 Å². The summed E-state index contributed by atoms with van der Waals surface area (Å²) in [6, 6.07) is 5.88. The van der Waals surface area contributed by atoms with Gasteiger partial charge in [-0.3, -0.25) is 0 Å². The fourth-order valence-electron chi connectivity index (χ4n) is 3.28. The van der Waals surface area contributed by atoms with Gasteiger partial charge in [-0.05, 0) is 43.5 Å². The summed E-state index contributed by atoms with van der Waals surface area (Å²) in [7, 11) is 0. The van der Waals surface area contributed by atoms with E-state index in [9.17, 15) is 0 Å². The quantitative estimate of drug-likeness (QED) is 0.940. The average Bonchev–Trinajstić information content (AvgIpc) is 2.92. The Balaban J connectivity index is 2.07. The lowest BCUT2D eigenvalue weighted by Gasteiger charge is -2.23. The van der Waals surface area contributed by atoms with Gasteiger partial charge < -0.3 is 5.73 Å². The van der Waals surface area contributed by atoms with Gasteiger partial charge in [0.2, 0.25) is 0 Å². The van der Waals surface area contributed by atoms with Crippen molar-refractivity contribution in [2.75, 3.05) is 0 Å². The molecular formula is C16H21ClN4.